The van der Waals surface area contributed by atoms with Gasteiger partial charge < -0.3 is 4.74 Å². The lowest BCUT2D eigenvalue weighted by atomic mass is 10.00. The van der Waals surface area contributed by atoms with Crippen LogP contribution in [0.15, 0.2) is 0 Å². The summed E-state index contributed by atoms with van der Waals surface area (Å²) < 4.78 is 5.04. The maximum Gasteiger partial charge on any atom is 0.107 e. The lowest BCUT2D eigenvalue weighted by Gasteiger charge is -2.22. The minimum absolute atomic E-state index is 0.241. The van der Waals surface area contributed by atoms with Gasteiger partial charge >= 0.3 is 0 Å². The molecule has 1 N–H and O–H groups in total. The van der Waals surface area contributed by atoms with Crippen molar-refractivity contribution in [3.8, 4) is 6.07 Å². The predicted molar refractivity (Wildman–Crippen MR) is 73.2 cm³/mol. The van der Waals surface area contributed by atoms with Gasteiger partial charge in [-0.2, -0.15) is 17.0 Å². The minimum atomic E-state index is -0.241. The molecule has 98 valence electrons. The standard InChI is InChI=1S/C13H24N2OS/c1-3-7-15-13(11-14)6-5-12(10-13)17-9-4-8-16-2/h12,15H,3-10H2,1-2H3. The van der Waals surface area contributed by atoms with E-state index in [1.165, 1.54) is 6.42 Å². The third-order valence-corrected chi connectivity index (χ3v) is 4.64. The van der Waals surface area contributed by atoms with E-state index in [9.17, 15) is 5.26 Å². The van der Waals surface area contributed by atoms with Crippen molar-refractivity contribution in [1.29, 1.82) is 5.26 Å². The third kappa shape index (κ3) is 4.87. The van der Waals surface area contributed by atoms with Crippen LogP contribution in [-0.4, -0.2) is 36.8 Å². The van der Waals surface area contributed by atoms with Crippen LogP contribution in [0, 0.1) is 11.3 Å². The van der Waals surface area contributed by atoms with Crippen molar-refractivity contribution in [2.45, 2.75) is 49.8 Å². The highest BCUT2D eigenvalue weighted by molar-refractivity contribution is 7.99. The summed E-state index contributed by atoms with van der Waals surface area (Å²) in [5.74, 6) is 1.15. The normalized spacial score (nSPS) is 28.2. The minimum Gasteiger partial charge on any atom is -0.385 e. The fourth-order valence-electron chi connectivity index (χ4n) is 2.26. The van der Waals surface area contributed by atoms with E-state index in [1.54, 1.807) is 7.11 Å². The number of methoxy groups -OCH3 is 1. The van der Waals surface area contributed by atoms with Crippen molar-refractivity contribution < 1.29 is 4.74 Å². The van der Waals surface area contributed by atoms with Gasteiger partial charge in [0.1, 0.15) is 5.54 Å². The van der Waals surface area contributed by atoms with Crippen molar-refractivity contribution in [1.82, 2.24) is 5.32 Å². The summed E-state index contributed by atoms with van der Waals surface area (Å²) >= 11 is 2.00. The zero-order valence-corrected chi connectivity index (χ0v) is 11.8. The molecule has 0 aliphatic heterocycles. The molecule has 0 heterocycles. The molecule has 1 aliphatic rings. The number of thioether (sulfide) groups is 1. The zero-order chi connectivity index (χ0) is 12.6. The Morgan fingerprint density at radius 2 is 2.41 bits per heavy atom. The summed E-state index contributed by atoms with van der Waals surface area (Å²) in [7, 11) is 1.75. The summed E-state index contributed by atoms with van der Waals surface area (Å²) in [6.45, 7) is 3.94. The Balaban J connectivity index is 2.27. The molecule has 1 saturated carbocycles. The molecule has 1 aliphatic carbocycles. The molecule has 2 atom stereocenters. The van der Waals surface area contributed by atoms with Gasteiger partial charge in [-0.15, -0.1) is 0 Å². The van der Waals surface area contributed by atoms with Crippen LogP contribution in [0.5, 0.6) is 0 Å². The van der Waals surface area contributed by atoms with E-state index in [1.807, 2.05) is 11.8 Å². The van der Waals surface area contributed by atoms with Crippen molar-refractivity contribution in [3.63, 3.8) is 0 Å². The molecule has 0 aromatic carbocycles. The van der Waals surface area contributed by atoms with Crippen molar-refractivity contribution in [2.24, 2.45) is 0 Å². The SMILES string of the molecule is CCCNC1(C#N)CCC(SCCCOC)C1. The number of ether oxygens (including phenoxy) is 1. The molecule has 1 fully saturated rings. The number of hydrogen-bond acceptors (Lipinski definition) is 4. The van der Waals surface area contributed by atoms with Crippen LogP contribution in [-0.2, 0) is 4.74 Å². The van der Waals surface area contributed by atoms with E-state index >= 15 is 0 Å². The molecular weight excluding hydrogens is 232 g/mol. The number of nitrogens with one attached hydrogen (secondary N) is 1. The highest BCUT2D eigenvalue weighted by Gasteiger charge is 2.38. The Bertz CT molecular complexity index is 254. The molecule has 0 aromatic heterocycles. The van der Waals surface area contributed by atoms with Crippen LogP contribution in [0.25, 0.3) is 0 Å². The second-order valence-corrected chi connectivity index (χ2v) is 6.11. The largest absolute Gasteiger partial charge is 0.385 e. The number of nitriles is 1. The average Bonchev–Trinajstić information content (AvgIpc) is 2.77. The summed E-state index contributed by atoms with van der Waals surface area (Å²) in [6, 6.07) is 2.49. The van der Waals surface area contributed by atoms with E-state index < -0.39 is 0 Å². The fourth-order valence-corrected chi connectivity index (χ4v) is 3.57. The summed E-state index contributed by atoms with van der Waals surface area (Å²) in [6.07, 6.45) is 5.38. The molecule has 0 saturated heterocycles. The second kappa shape index (κ2) is 7.97. The molecule has 4 heteroatoms. The topological polar surface area (TPSA) is 45.0 Å². The van der Waals surface area contributed by atoms with Crippen LogP contribution in [0.1, 0.15) is 39.0 Å². The van der Waals surface area contributed by atoms with Gasteiger partial charge in [0.2, 0.25) is 0 Å². The Kier molecular flexibility index (Phi) is 6.94. The van der Waals surface area contributed by atoms with E-state index in [2.05, 4.69) is 18.3 Å². The van der Waals surface area contributed by atoms with Gasteiger partial charge in [-0.25, -0.2) is 0 Å². The van der Waals surface area contributed by atoms with Crippen LogP contribution < -0.4 is 5.32 Å². The lowest BCUT2D eigenvalue weighted by Crippen LogP contribution is -2.42. The van der Waals surface area contributed by atoms with Gasteiger partial charge in [-0.1, -0.05) is 6.92 Å². The maximum absolute atomic E-state index is 9.33. The van der Waals surface area contributed by atoms with E-state index in [0.29, 0.717) is 5.25 Å². The van der Waals surface area contributed by atoms with Gasteiger partial charge in [-0.05, 0) is 44.4 Å². The highest BCUT2D eigenvalue weighted by atomic mass is 32.2. The molecule has 0 amide bonds. The van der Waals surface area contributed by atoms with E-state index in [4.69, 9.17) is 4.74 Å². The maximum atomic E-state index is 9.33. The molecule has 0 bridgehead atoms. The monoisotopic (exact) mass is 256 g/mol. The van der Waals surface area contributed by atoms with Gasteiger partial charge in [0, 0.05) is 19.0 Å². The first kappa shape index (κ1) is 14.8. The highest BCUT2D eigenvalue weighted by Crippen LogP contribution is 2.36. The molecule has 1 rings (SSSR count). The first-order valence-corrected chi connectivity index (χ1v) is 7.58. The molecule has 2 unspecified atom stereocenters. The van der Waals surface area contributed by atoms with Crippen LogP contribution in [0.2, 0.25) is 0 Å². The third-order valence-electron chi connectivity index (χ3n) is 3.24. The molecule has 3 nitrogen and oxygen atoms in total. The van der Waals surface area contributed by atoms with Crippen molar-refractivity contribution in [2.75, 3.05) is 26.0 Å². The van der Waals surface area contributed by atoms with Gasteiger partial charge in [0.25, 0.3) is 0 Å². The number of nitrogens with zero attached hydrogens (tertiary/aromatic N) is 1. The smallest absolute Gasteiger partial charge is 0.107 e. The Morgan fingerprint density at radius 1 is 1.59 bits per heavy atom. The average molecular weight is 256 g/mol. The molecule has 17 heavy (non-hydrogen) atoms. The molecule has 0 radical (unpaired) electrons. The summed E-state index contributed by atoms with van der Waals surface area (Å²) in [4.78, 5) is 0. The van der Waals surface area contributed by atoms with Gasteiger partial charge in [0.15, 0.2) is 0 Å². The fraction of sp³-hybridized carbons (Fsp3) is 0.923. The molecule has 0 spiro atoms. The molecule has 0 aromatic rings. The van der Waals surface area contributed by atoms with Crippen molar-refractivity contribution in [3.05, 3.63) is 0 Å². The van der Waals surface area contributed by atoms with Crippen LogP contribution >= 0.6 is 11.8 Å². The zero-order valence-electron chi connectivity index (χ0n) is 11.0. The Hall–Kier alpha value is -0.240. The first-order chi connectivity index (χ1) is 8.26. The van der Waals surface area contributed by atoms with Crippen molar-refractivity contribution >= 4 is 11.8 Å². The van der Waals surface area contributed by atoms with Crippen LogP contribution in [0.4, 0.5) is 0 Å². The van der Waals surface area contributed by atoms with Gasteiger partial charge in [-0.3, -0.25) is 5.32 Å². The quantitative estimate of drug-likeness (QED) is 0.678. The lowest BCUT2D eigenvalue weighted by molar-refractivity contribution is 0.200. The Morgan fingerprint density at radius 3 is 3.06 bits per heavy atom. The predicted octanol–water partition coefficient (Wildman–Crippen LogP) is 2.57. The van der Waals surface area contributed by atoms with E-state index in [0.717, 1.165) is 44.6 Å². The van der Waals surface area contributed by atoms with E-state index in [-0.39, 0.29) is 5.54 Å². The first-order valence-electron chi connectivity index (χ1n) is 6.53. The second-order valence-electron chi connectivity index (χ2n) is 4.70. The number of rotatable bonds is 8. The van der Waals surface area contributed by atoms with Gasteiger partial charge in [0.05, 0.1) is 6.07 Å². The Labute approximate surface area is 109 Å². The summed E-state index contributed by atoms with van der Waals surface area (Å²) in [5, 5.41) is 13.4. The number of hydrogen-bond donors (Lipinski definition) is 1. The van der Waals surface area contributed by atoms with Crippen LogP contribution in [0.3, 0.4) is 0 Å². The summed E-state index contributed by atoms with van der Waals surface area (Å²) in [5.41, 5.74) is -0.241. The molecular formula is C13H24N2OS.